The van der Waals surface area contributed by atoms with E-state index < -0.39 is 77.7 Å². The molecule has 8 N–H and O–H groups in total. The SMILES string of the molecule is CC(=O)N1CCC[C@H]1C(=O)N[C@@H](Cc1ccccc1)C(=O)N[C@H](C(=O)N[C@@H](Cc1ccccc1)C(=O)N[C@@H](CC(C)C)C(=O)N[C@@H](CCCCN)C(=O)O)C(C)C. The van der Waals surface area contributed by atoms with Crippen molar-refractivity contribution in [2.45, 2.75) is 122 Å². The maximum absolute atomic E-state index is 14.1. The molecule has 1 saturated heterocycles. The second kappa shape index (κ2) is 23.0. The predicted octanol–water partition coefficient (Wildman–Crippen LogP) is 1.82. The number of likely N-dealkylation sites (tertiary alicyclic amines) is 1. The molecule has 0 unspecified atom stereocenters. The monoisotopic (exact) mass is 791 g/mol. The van der Waals surface area contributed by atoms with Crippen LogP contribution in [0.4, 0.5) is 0 Å². The van der Waals surface area contributed by atoms with Gasteiger partial charge in [0.2, 0.25) is 35.4 Å². The number of rotatable bonds is 22. The van der Waals surface area contributed by atoms with Gasteiger partial charge in [-0.05, 0) is 68.0 Å². The molecule has 2 aromatic rings. The van der Waals surface area contributed by atoms with Crippen LogP contribution < -0.4 is 32.3 Å². The molecule has 6 atom stereocenters. The quantitative estimate of drug-likeness (QED) is 0.0862. The lowest BCUT2D eigenvalue weighted by molar-refractivity contribution is -0.142. The van der Waals surface area contributed by atoms with Gasteiger partial charge in [-0.1, -0.05) is 88.4 Å². The normalized spacial score (nSPS) is 16.5. The van der Waals surface area contributed by atoms with Crippen molar-refractivity contribution in [3.8, 4) is 0 Å². The van der Waals surface area contributed by atoms with Crippen molar-refractivity contribution in [3.05, 3.63) is 71.8 Å². The Hall–Kier alpha value is -5.31. The lowest BCUT2D eigenvalue weighted by Gasteiger charge is -2.29. The van der Waals surface area contributed by atoms with Crippen LogP contribution in [0, 0.1) is 11.8 Å². The molecule has 0 spiro atoms. The van der Waals surface area contributed by atoms with Crippen molar-refractivity contribution >= 4 is 41.4 Å². The molecule has 0 saturated carbocycles. The van der Waals surface area contributed by atoms with Gasteiger partial charge in [0.25, 0.3) is 0 Å². The summed E-state index contributed by atoms with van der Waals surface area (Å²) in [7, 11) is 0. The fourth-order valence-corrected chi connectivity index (χ4v) is 6.85. The van der Waals surface area contributed by atoms with E-state index in [9.17, 15) is 38.7 Å². The number of hydrogen-bond donors (Lipinski definition) is 7. The Labute approximate surface area is 335 Å². The zero-order chi connectivity index (χ0) is 42.1. The molecule has 15 heteroatoms. The maximum Gasteiger partial charge on any atom is 0.326 e. The average molecular weight is 792 g/mol. The molecule has 0 bridgehead atoms. The fraction of sp³-hybridized carbons (Fsp3) is 0.548. The van der Waals surface area contributed by atoms with Gasteiger partial charge >= 0.3 is 5.97 Å². The first-order chi connectivity index (χ1) is 27.1. The Bertz CT molecular complexity index is 1660. The second-order valence-corrected chi connectivity index (χ2v) is 15.5. The van der Waals surface area contributed by atoms with Crippen molar-refractivity contribution in [1.82, 2.24) is 31.5 Å². The fourth-order valence-electron chi connectivity index (χ4n) is 6.85. The van der Waals surface area contributed by atoms with E-state index >= 15 is 0 Å². The summed E-state index contributed by atoms with van der Waals surface area (Å²) in [6, 6.07) is 11.6. The van der Waals surface area contributed by atoms with E-state index in [1.54, 1.807) is 38.1 Å². The number of nitrogens with zero attached hydrogens (tertiary/aromatic N) is 1. The summed E-state index contributed by atoms with van der Waals surface area (Å²) < 4.78 is 0. The molecule has 0 aromatic heterocycles. The molecule has 1 aliphatic rings. The summed E-state index contributed by atoms with van der Waals surface area (Å²) in [4.78, 5) is 94.8. The van der Waals surface area contributed by atoms with Gasteiger partial charge in [-0.15, -0.1) is 0 Å². The number of nitrogens with one attached hydrogen (secondary N) is 5. The average Bonchev–Trinajstić information content (AvgIpc) is 3.67. The van der Waals surface area contributed by atoms with E-state index in [4.69, 9.17) is 5.73 Å². The highest BCUT2D eigenvalue weighted by molar-refractivity contribution is 5.97. The largest absolute Gasteiger partial charge is 0.480 e. The summed E-state index contributed by atoms with van der Waals surface area (Å²) in [6.07, 6.45) is 2.73. The number of aliphatic carboxylic acids is 1. The predicted molar refractivity (Wildman–Crippen MR) is 215 cm³/mol. The third kappa shape index (κ3) is 14.9. The zero-order valence-electron chi connectivity index (χ0n) is 33.8. The van der Waals surface area contributed by atoms with Crippen molar-refractivity contribution in [1.29, 1.82) is 0 Å². The van der Waals surface area contributed by atoms with Crippen LogP contribution in [-0.4, -0.2) is 101 Å². The Balaban J connectivity index is 1.85. The van der Waals surface area contributed by atoms with Gasteiger partial charge in [-0.25, -0.2) is 4.79 Å². The second-order valence-electron chi connectivity index (χ2n) is 15.5. The zero-order valence-corrected chi connectivity index (χ0v) is 33.8. The van der Waals surface area contributed by atoms with Crippen molar-refractivity contribution in [3.63, 3.8) is 0 Å². The Morgan fingerprint density at radius 1 is 0.702 bits per heavy atom. The highest BCUT2D eigenvalue weighted by Crippen LogP contribution is 2.18. The highest BCUT2D eigenvalue weighted by atomic mass is 16.4. The molecule has 3 rings (SSSR count). The van der Waals surface area contributed by atoms with Gasteiger partial charge in [-0.2, -0.15) is 0 Å². The minimum Gasteiger partial charge on any atom is -0.480 e. The summed E-state index contributed by atoms with van der Waals surface area (Å²) >= 11 is 0. The van der Waals surface area contributed by atoms with E-state index in [1.165, 1.54) is 11.8 Å². The van der Waals surface area contributed by atoms with E-state index in [1.807, 2.05) is 50.2 Å². The topological polar surface area (TPSA) is 229 Å². The molecule has 57 heavy (non-hydrogen) atoms. The lowest BCUT2D eigenvalue weighted by atomic mass is 9.98. The standard InChI is InChI=1S/C42H61N7O8/c1-26(2)23-32(37(51)44-31(42(56)57)19-12-13-21-43)45-38(52)33(24-29-15-8-6-9-16-29)47-41(55)36(27(3)4)48-39(53)34(25-30-17-10-7-11-18-30)46-40(54)35-20-14-22-49(35)28(5)50/h6-11,15-18,26-27,31-36H,12-14,19-25,43H2,1-5H3,(H,44,51)(H,45,52)(H,46,54)(H,47,55)(H,48,53)(H,56,57)/t31-,32-,33-,34-,35-,36-/m0/s1. The number of carboxylic acid groups (broad SMARTS) is 1. The number of amides is 6. The number of carbonyl (C=O) groups excluding carboxylic acids is 6. The number of nitrogens with two attached hydrogens (primary N) is 1. The first-order valence-electron chi connectivity index (χ1n) is 19.9. The van der Waals surface area contributed by atoms with Crippen molar-refractivity contribution in [2.24, 2.45) is 17.6 Å². The molecule has 6 amide bonds. The summed E-state index contributed by atoms with van der Waals surface area (Å²) in [5, 5.41) is 23.5. The van der Waals surface area contributed by atoms with Crippen LogP contribution >= 0.6 is 0 Å². The molecule has 15 nitrogen and oxygen atoms in total. The van der Waals surface area contributed by atoms with Crippen LogP contribution in [0.15, 0.2) is 60.7 Å². The number of carboxylic acids is 1. The number of hydrogen-bond acceptors (Lipinski definition) is 8. The Morgan fingerprint density at radius 3 is 1.72 bits per heavy atom. The molecule has 0 radical (unpaired) electrons. The van der Waals surface area contributed by atoms with E-state index in [-0.39, 0.29) is 37.5 Å². The third-order valence-corrected chi connectivity index (χ3v) is 9.94. The van der Waals surface area contributed by atoms with E-state index in [0.717, 1.165) is 11.1 Å². The van der Waals surface area contributed by atoms with Crippen LogP contribution in [0.2, 0.25) is 0 Å². The van der Waals surface area contributed by atoms with Crippen LogP contribution in [0.25, 0.3) is 0 Å². The van der Waals surface area contributed by atoms with E-state index in [2.05, 4.69) is 26.6 Å². The summed E-state index contributed by atoms with van der Waals surface area (Å²) in [5.74, 6) is -5.03. The van der Waals surface area contributed by atoms with Gasteiger partial charge in [-0.3, -0.25) is 28.8 Å². The van der Waals surface area contributed by atoms with Gasteiger partial charge in [0.15, 0.2) is 0 Å². The van der Waals surface area contributed by atoms with Gasteiger partial charge in [0.05, 0.1) is 0 Å². The summed E-state index contributed by atoms with van der Waals surface area (Å²) in [6.45, 7) is 9.42. The first-order valence-corrected chi connectivity index (χ1v) is 19.9. The van der Waals surface area contributed by atoms with Gasteiger partial charge in [0, 0.05) is 26.3 Å². The minimum absolute atomic E-state index is 0.0464. The molecule has 312 valence electrons. The van der Waals surface area contributed by atoms with Crippen LogP contribution in [0.3, 0.4) is 0 Å². The van der Waals surface area contributed by atoms with Crippen LogP contribution in [0.5, 0.6) is 0 Å². The smallest absolute Gasteiger partial charge is 0.326 e. The first kappa shape index (κ1) is 46.1. The molecular formula is C42H61N7O8. The Morgan fingerprint density at radius 2 is 1.21 bits per heavy atom. The molecule has 2 aromatic carbocycles. The molecule has 1 heterocycles. The van der Waals surface area contributed by atoms with Gasteiger partial charge in [0.1, 0.15) is 36.3 Å². The van der Waals surface area contributed by atoms with Crippen LogP contribution in [-0.2, 0) is 46.4 Å². The van der Waals surface area contributed by atoms with Crippen LogP contribution in [0.1, 0.15) is 84.3 Å². The van der Waals surface area contributed by atoms with Crippen molar-refractivity contribution < 1.29 is 38.7 Å². The van der Waals surface area contributed by atoms with Gasteiger partial charge < -0.3 is 42.3 Å². The molecule has 0 aliphatic carbocycles. The number of benzene rings is 2. The number of unbranched alkanes of at least 4 members (excludes halogenated alkanes) is 1. The summed E-state index contributed by atoms with van der Waals surface area (Å²) in [5.41, 5.74) is 7.05. The number of carbonyl (C=O) groups is 7. The Kier molecular flexibility index (Phi) is 18.6. The molecule has 1 aliphatic heterocycles. The lowest BCUT2D eigenvalue weighted by Crippen LogP contribution is -2.61. The highest BCUT2D eigenvalue weighted by Gasteiger charge is 2.37. The van der Waals surface area contributed by atoms with E-state index in [0.29, 0.717) is 38.8 Å². The third-order valence-electron chi connectivity index (χ3n) is 9.94. The minimum atomic E-state index is -1.20. The van der Waals surface area contributed by atoms with Crippen molar-refractivity contribution in [2.75, 3.05) is 13.1 Å². The molecule has 1 fully saturated rings. The molecular weight excluding hydrogens is 731 g/mol. The maximum atomic E-state index is 14.1.